The summed E-state index contributed by atoms with van der Waals surface area (Å²) in [7, 11) is 0. The van der Waals surface area contributed by atoms with Crippen molar-refractivity contribution in [2.75, 3.05) is 19.7 Å². The van der Waals surface area contributed by atoms with Gasteiger partial charge in [0.25, 0.3) is 0 Å². The first-order valence-corrected chi connectivity index (χ1v) is 10.7. The van der Waals surface area contributed by atoms with Crippen LogP contribution in [0, 0.1) is 10.1 Å². The molecule has 1 aromatic carbocycles. The van der Waals surface area contributed by atoms with E-state index in [4.69, 9.17) is 17.3 Å². The molecule has 1 aliphatic heterocycles. The Morgan fingerprint density at radius 3 is 2.52 bits per heavy atom. The molecule has 1 aromatic heterocycles. The number of hydrogen-bond acceptors (Lipinski definition) is 6. The number of imidazole rings is 1. The van der Waals surface area contributed by atoms with E-state index in [0.717, 1.165) is 37.1 Å². The number of nitrogens with zero attached hydrogens (tertiary/aromatic N) is 5. The lowest BCUT2D eigenvalue weighted by molar-refractivity contribution is -0.392. The molecule has 1 saturated heterocycles. The second-order valence-electron chi connectivity index (χ2n) is 7.18. The molecule has 0 radical (unpaired) electrons. The molecule has 0 aliphatic carbocycles. The van der Waals surface area contributed by atoms with Crippen LogP contribution in [0.4, 0.5) is 5.82 Å². The van der Waals surface area contributed by atoms with Crippen molar-refractivity contribution in [3.8, 4) is 0 Å². The van der Waals surface area contributed by atoms with E-state index in [-0.39, 0.29) is 19.0 Å². The van der Waals surface area contributed by atoms with Gasteiger partial charge in [0, 0.05) is 19.2 Å². The van der Waals surface area contributed by atoms with Crippen LogP contribution in [0.2, 0.25) is 0 Å². The number of aliphatic hydroxyl groups excluding tert-OH is 1. The van der Waals surface area contributed by atoms with Gasteiger partial charge in [-0.2, -0.15) is 5.10 Å². The van der Waals surface area contributed by atoms with Crippen LogP contribution in [0.15, 0.2) is 35.6 Å². The molecule has 3 rings (SSSR count). The minimum atomic E-state index is -0.513. The molecular formula is C21H26N6O3S. The highest BCUT2D eigenvalue weighted by Crippen LogP contribution is 2.16. The topological polar surface area (TPSA) is 109 Å². The van der Waals surface area contributed by atoms with Crippen LogP contribution in [0.3, 0.4) is 0 Å². The zero-order chi connectivity index (χ0) is 22.1. The number of aromatic nitrogens is 2. The van der Waals surface area contributed by atoms with Gasteiger partial charge in [0.2, 0.25) is 5.82 Å². The normalized spacial score (nSPS) is 14.8. The summed E-state index contributed by atoms with van der Waals surface area (Å²) >= 11 is 5.42. The molecule has 0 saturated carbocycles. The SMILES string of the molecule is O=[N+]([O-])c1cnc(/C=C/c2ccc(/C=N/NC(=S)N3CCCCCC3)cc2)n1CCO. The molecular weight excluding hydrogens is 416 g/mol. The van der Waals surface area contributed by atoms with E-state index in [1.54, 1.807) is 12.3 Å². The number of likely N-dealkylation sites (tertiary alicyclic amines) is 1. The number of benzene rings is 1. The standard InChI is InChI=1S/C21H26N6O3S/c28-14-13-26-19(22-16-20(26)27(29)30)10-9-17-5-7-18(8-6-17)15-23-24-21(31)25-11-3-1-2-4-12-25/h5-10,15-16,28H,1-4,11-14H2,(H,24,31)/b10-9+,23-15+. The van der Waals surface area contributed by atoms with Crippen molar-refractivity contribution in [2.45, 2.75) is 32.2 Å². The zero-order valence-corrected chi connectivity index (χ0v) is 18.0. The van der Waals surface area contributed by atoms with Crippen molar-refractivity contribution in [1.82, 2.24) is 19.9 Å². The number of nitrogens with one attached hydrogen (secondary N) is 1. The smallest absolute Gasteiger partial charge is 0.343 e. The van der Waals surface area contributed by atoms with E-state index in [1.807, 2.05) is 30.3 Å². The van der Waals surface area contributed by atoms with Gasteiger partial charge >= 0.3 is 5.82 Å². The Morgan fingerprint density at radius 1 is 1.19 bits per heavy atom. The Labute approximate surface area is 186 Å². The van der Waals surface area contributed by atoms with Gasteiger partial charge in [0.05, 0.1) is 12.8 Å². The van der Waals surface area contributed by atoms with Crippen LogP contribution in [0.25, 0.3) is 12.2 Å². The van der Waals surface area contributed by atoms with Gasteiger partial charge in [0.1, 0.15) is 12.7 Å². The van der Waals surface area contributed by atoms with Crippen molar-refractivity contribution < 1.29 is 10.0 Å². The monoisotopic (exact) mass is 442 g/mol. The van der Waals surface area contributed by atoms with Crippen molar-refractivity contribution >= 4 is 41.5 Å². The maximum absolute atomic E-state index is 11.1. The van der Waals surface area contributed by atoms with Gasteiger partial charge in [-0.05, 0) is 47.2 Å². The Bertz CT molecular complexity index is 947. The quantitative estimate of drug-likeness (QED) is 0.294. The molecule has 1 aliphatic rings. The lowest BCUT2D eigenvalue weighted by atomic mass is 10.1. The second-order valence-corrected chi connectivity index (χ2v) is 7.57. The predicted molar refractivity (Wildman–Crippen MR) is 125 cm³/mol. The summed E-state index contributed by atoms with van der Waals surface area (Å²) in [5.74, 6) is 0.267. The van der Waals surface area contributed by atoms with Crippen molar-refractivity contribution in [2.24, 2.45) is 5.10 Å². The van der Waals surface area contributed by atoms with Gasteiger partial charge in [-0.3, -0.25) is 5.43 Å². The first-order valence-electron chi connectivity index (χ1n) is 10.3. The lowest BCUT2D eigenvalue weighted by Gasteiger charge is -2.21. The van der Waals surface area contributed by atoms with Crippen LogP contribution in [0.1, 0.15) is 42.6 Å². The number of hydrogen-bond donors (Lipinski definition) is 2. The molecule has 31 heavy (non-hydrogen) atoms. The van der Waals surface area contributed by atoms with E-state index >= 15 is 0 Å². The predicted octanol–water partition coefficient (Wildman–Crippen LogP) is 3.04. The van der Waals surface area contributed by atoms with E-state index < -0.39 is 4.92 Å². The average Bonchev–Trinajstić information content (AvgIpc) is 2.97. The van der Waals surface area contributed by atoms with Gasteiger partial charge < -0.3 is 20.1 Å². The molecule has 0 unspecified atom stereocenters. The molecule has 2 heterocycles. The number of hydrazone groups is 1. The zero-order valence-electron chi connectivity index (χ0n) is 17.2. The summed E-state index contributed by atoms with van der Waals surface area (Å²) in [5.41, 5.74) is 4.77. The van der Waals surface area contributed by atoms with E-state index in [9.17, 15) is 10.1 Å². The van der Waals surface area contributed by atoms with Gasteiger partial charge in [-0.15, -0.1) is 0 Å². The Morgan fingerprint density at radius 2 is 1.87 bits per heavy atom. The van der Waals surface area contributed by atoms with Crippen molar-refractivity contribution in [3.05, 3.63) is 57.5 Å². The summed E-state index contributed by atoms with van der Waals surface area (Å²) in [6, 6.07) is 7.67. The van der Waals surface area contributed by atoms with Gasteiger partial charge in [-0.1, -0.05) is 37.1 Å². The summed E-state index contributed by atoms with van der Waals surface area (Å²) in [6.07, 6.45) is 11.2. The molecule has 0 atom stereocenters. The van der Waals surface area contributed by atoms with Crippen molar-refractivity contribution in [1.29, 1.82) is 0 Å². The third-order valence-electron chi connectivity index (χ3n) is 5.00. The van der Waals surface area contributed by atoms with Crippen LogP contribution in [-0.4, -0.2) is 55.5 Å². The summed E-state index contributed by atoms with van der Waals surface area (Å²) < 4.78 is 1.37. The highest BCUT2D eigenvalue weighted by atomic mass is 32.1. The number of thiocarbonyl (C=S) groups is 1. The number of nitro groups is 1. The average molecular weight is 443 g/mol. The molecule has 0 spiro atoms. The Kier molecular flexibility index (Phi) is 8.25. The molecule has 2 N–H and O–H groups in total. The minimum Gasteiger partial charge on any atom is -0.392 e. The summed E-state index contributed by atoms with van der Waals surface area (Å²) in [5, 5.41) is 25.1. The third kappa shape index (κ3) is 6.43. The largest absolute Gasteiger partial charge is 0.392 e. The van der Waals surface area contributed by atoms with E-state index in [2.05, 4.69) is 20.4 Å². The maximum atomic E-state index is 11.1. The van der Waals surface area contributed by atoms with Gasteiger partial charge in [0.15, 0.2) is 5.11 Å². The molecule has 0 bridgehead atoms. The van der Waals surface area contributed by atoms with E-state index in [0.29, 0.717) is 10.9 Å². The fourth-order valence-corrected chi connectivity index (χ4v) is 3.59. The van der Waals surface area contributed by atoms with Crippen LogP contribution < -0.4 is 5.43 Å². The van der Waals surface area contributed by atoms with Crippen LogP contribution in [0.5, 0.6) is 0 Å². The summed E-state index contributed by atoms with van der Waals surface area (Å²) in [6.45, 7) is 1.85. The highest BCUT2D eigenvalue weighted by Gasteiger charge is 2.17. The summed E-state index contributed by atoms with van der Waals surface area (Å²) in [4.78, 5) is 16.8. The van der Waals surface area contributed by atoms with Crippen molar-refractivity contribution in [3.63, 3.8) is 0 Å². The molecule has 10 heteroatoms. The fraction of sp³-hybridized carbons (Fsp3) is 0.381. The van der Waals surface area contributed by atoms with E-state index in [1.165, 1.54) is 23.6 Å². The lowest BCUT2D eigenvalue weighted by Crippen LogP contribution is -2.38. The maximum Gasteiger partial charge on any atom is 0.343 e. The fourth-order valence-electron chi connectivity index (χ4n) is 3.36. The van der Waals surface area contributed by atoms with Gasteiger partial charge in [-0.25, -0.2) is 9.55 Å². The second kappa shape index (κ2) is 11.3. The Balaban J connectivity index is 1.58. The Hall–Kier alpha value is -3.11. The first-order chi connectivity index (χ1) is 15.1. The third-order valence-corrected chi connectivity index (χ3v) is 5.35. The number of rotatable bonds is 7. The first kappa shape index (κ1) is 22.6. The highest BCUT2D eigenvalue weighted by molar-refractivity contribution is 7.80. The molecule has 9 nitrogen and oxygen atoms in total. The molecule has 2 aromatic rings. The van der Waals surface area contributed by atoms with Crippen LogP contribution >= 0.6 is 12.2 Å². The van der Waals surface area contributed by atoms with Crippen LogP contribution in [-0.2, 0) is 6.54 Å². The molecule has 164 valence electrons. The molecule has 0 amide bonds. The molecule has 1 fully saturated rings. The minimum absolute atomic E-state index is 0.109. The number of aliphatic hydroxyl groups is 1.